The van der Waals surface area contributed by atoms with E-state index in [4.69, 9.17) is 0 Å². The number of aryl methyl sites for hydroxylation is 2. The highest BCUT2D eigenvalue weighted by Crippen LogP contribution is 2.27. The molecule has 1 aliphatic heterocycles. The molecule has 0 spiro atoms. The van der Waals surface area contributed by atoms with E-state index in [0.717, 1.165) is 17.7 Å². The topological polar surface area (TPSA) is 93.0 Å². The van der Waals surface area contributed by atoms with Crippen molar-refractivity contribution in [1.29, 1.82) is 0 Å². The Morgan fingerprint density at radius 2 is 2.00 bits per heavy atom. The van der Waals surface area contributed by atoms with Gasteiger partial charge in [0.05, 0.1) is 5.92 Å². The van der Waals surface area contributed by atoms with Crippen LogP contribution in [0.3, 0.4) is 0 Å². The van der Waals surface area contributed by atoms with Crippen molar-refractivity contribution in [2.24, 2.45) is 13.0 Å². The molecule has 0 bridgehead atoms. The summed E-state index contributed by atoms with van der Waals surface area (Å²) in [5.74, 6) is 0.0138. The molecule has 4 rings (SSSR count). The van der Waals surface area contributed by atoms with E-state index in [1.807, 2.05) is 48.5 Å². The number of anilines is 2. The standard InChI is InChI=1S/C21H22N6O2/c1-3-14-7-9-18(10-8-14)27-13-16(12-19(27)28)21(29)22-17-6-4-5-15(11-17)20-23-24-25-26(20)2/h4-11,16H,3,12-13H2,1-2H3,(H,22,29). The molecule has 2 amide bonds. The Morgan fingerprint density at radius 1 is 1.21 bits per heavy atom. The minimum atomic E-state index is -0.395. The van der Waals surface area contributed by atoms with Gasteiger partial charge >= 0.3 is 0 Å². The predicted octanol–water partition coefficient (Wildman–Crippen LogP) is 2.43. The normalized spacial score (nSPS) is 16.3. The smallest absolute Gasteiger partial charge is 0.229 e. The van der Waals surface area contributed by atoms with Crippen molar-refractivity contribution in [2.75, 3.05) is 16.8 Å². The summed E-state index contributed by atoms with van der Waals surface area (Å²) < 4.78 is 1.57. The van der Waals surface area contributed by atoms with E-state index >= 15 is 0 Å². The summed E-state index contributed by atoms with van der Waals surface area (Å²) in [4.78, 5) is 26.9. The molecule has 0 saturated carbocycles. The fourth-order valence-electron chi connectivity index (χ4n) is 3.50. The van der Waals surface area contributed by atoms with Gasteiger partial charge in [0.1, 0.15) is 0 Å². The van der Waals surface area contributed by atoms with Gasteiger partial charge in [-0.05, 0) is 46.7 Å². The summed E-state index contributed by atoms with van der Waals surface area (Å²) in [5.41, 5.74) is 3.50. The third kappa shape index (κ3) is 3.87. The number of nitrogens with one attached hydrogen (secondary N) is 1. The minimum Gasteiger partial charge on any atom is -0.326 e. The van der Waals surface area contributed by atoms with Crippen LogP contribution in [0.2, 0.25) is 0 Å². The molecule has 1 atom stereocenters. The molecule has 1 aliphatic rings. The van der Waals surface area contributed by atoms with Crippen LogP contribution in [-0.4, -0.2) is 38.6 Å². The summed E-state index contributed by atoms with van der Waals surface area (Å²) in [6.07, 6.45) is 1.15. The molecule has 2 aromatic carbocycles. The minimum absolute atomic E-state index is 0.0340. The van der Waals surface area contributed by atoms with Crippen molar-refractivity contribution >= 4 is 23.2 Å². The van der Waals surface area contributed by atoms with E-state index in [1.54, 1.807) is 16.6 Å². The average Bonchev–Trinajstić information content (AvgIpc) is 3.34. The van der Waals surface area contributed by atoms with Crippen LogP contribution in [0.5, 0.6) is 0 Å². The molecular weight excluding hydrogens is 368 g/mol. The van der Waals surface area contributed by atoms with Crippen LogP contribution in [0.15, 0.2) is 48.5 Å². The molecular formula is C21H22N6O2. The fourth-order valence-corrected chi connectivity index (χ4v) is 3.50. The van der Waals surface area contributed by atoms with Crippen LogP contribution in [0.1, 0.15) is 18.9 Å². The van der Waals surface area contributed by atoms with Crippen LogP contribution in [0.25, 0.3) is 11.4 Å². The van der Waals surface area contributed by atoms with Crippen LogP contribution >= 0.6 is 0 Å². The zero-order chi connectivity index (χ0) is 20.4. The number of nitrogens with zero attached hydrogens (tertiary/aromatic N) is 5. The van der Waals surface area contributed by atoms with Crippen LogP contribution in [0.4, 0.5) is 11.4 Å². The molecule has 148 valence electrons. The van der Waals surface area contributed by atoms with Gasteiger partial charge in [-0.25, -0.2) is 4.68 Å². The van der Waals surface area contributed by atoms with Gasteiger partial charge in [0.15, 0.2) is 5.82 Å². The maximum absolute atomic E-state index is 12.8. The third-order valence-corrected chi connectivity index (χ3v) is 5.16. The Hall–Kier alpha value is -3.55. The molecule has 1 fully saturated rings. The molecule has 0 radical (unpaired) electrons. The highest BCUT2D eigenvalue weighted by atomic mass is 16.2. The highest BCUT2D eigenvalue weighted by molar-refractivity contribution is 6.03. The number of tetrazole rings is 1. The van der Waals surface area contributed by atoms with E-state index in [2.05, 4.69) is 27.8 Å². The second kappa shape index (κ2) is 7.83. The van der Waals surface area contributed by atoms with Crippen LogP contribution < -0.4 is 10.2 Å². The van der Waals surface area contributed by atoms with Crippen molar-refractivity contribution in [3.63, 3.8) is 0 Å². The Labute approximate surface area is 168 Å². The molecule has 3 aromatic rings. The van der Waals surface area contributed by atoms with E-state index in [9.17, 15) is 9.59 Å². The summed E-state index contributed by atoms with van der Waals surface area (Å²) in [7, 11) is 1.76. The van der Waals surface area contributed by atoms with Gasteiger partial charge in [0.2, 0.25) is 11.8 Å². The quantitative estimate of drug-likeness (QED) is 0.722. The van der Waals surface area contributed by atoms with E-state index < -0.39 is 5.92 Å². The predicted molar refractivity (Wildman–Crippen MR) is 109 cm³/mol. The van der Waals surface area contributed by atoms with Crippen LogP contribution in [-0.2, 0) is 23.1 Å². The molecule has 8 heteroatoms. The highest BCUT2D eigenvalue weighted by Gasteiger charge is 2.35. The Bertz CT molecular complexity index is 1040. The zero-order valence-corrected chi connectivity index (χ0v) is 16.4. The van der Waals surface area contributed by atoms with Crippen LogP contribution in [0, 0.1) is 5.92 Å². The lowest BCUT2D eigenvalue weighted by Crippen LogP contribution is -2.28. The second-order valence-corrected chi connectivity index (χ2v) is 7.12. The largest absolute Gasteiger partial charge is 0.326 e. The van der Waals surface area contributed by atoms with Gasteiger partial charge in [0.25, 0.3) is 0 Å². The Balaban J connectivity index is 1.45. The Kier molecular flexibility index (Phi) is 5.07. The van der Waals surface area contributed by atoms with Crippen molar-refractivity contribution in [2.45, 2.75) is 19.8 Å². The number of amides is 2. The molecule has 8 nitrogen and oxygen atoms in total. The van der Waals surface area contributed by atoms with Gasteiger partial charge < -0.3 is 10.2 Å². The fraction of sp³-hybridized carbons (Fsp3) is 0.286. The lowest BCUT2D eigenvalue weighted by atomic mass is 10.1. The van der Waals surface area contributed by atoms with Gasteiger partial charge in [0, 0.05) is 37.0 Å². The van der Waals surface area contributed by atoms with Gasteiger partial charge in [-0.3, -0.25) is 9.59 Å². The summed E-state index contributed by atoms with van der Waals surface area (Å²) in [6, 6.07) is 15.3. The number of rotatable bonds is 5. The number of carbonyl (C=O) groups excluding carboxylic acids is 2. The first-order chi connectivity index (χ1) is 14.0. The van der Waals surface area contributed by atoms with Gasteiger partial charge in [-0.15, -0.1) is 5.10 Å². The number of aromatic nitrogens is 4. The van der Waals surface area contributed by atoms with E-state index in [0.29, 0.717) is 18.1 Å². The molecule has 0 aliphatic carbocycles. The Morgan fingerprint density at radius 3 is 2.69 bits per heavy atom. The zero-order valence-electron chi connectivity index (χ0n) is 16.4. The SMILES string of the molecule is CCc1ccc(N2CC(C(=O)Nc3cccc(-c4nnnn4C)c3)CC2=O)cc1. The molecule has 1 unspecified atom stereocenters. The number of carbonyl (C=O) groups is 2. The monoisotopic (exact) mass is 390 g/mol. The molecule has 29 heavy (non-hydrogen) atoms. The van der Waals surface area contributed by atoms with Crippen molar-refractivity contribution < 1.29 is 9.59 Å². The molecule has 2 heterocycles. The summed E-state index contributed by atoms with van der Waals surface area (Å²) in [6.45, 7) is 2.47. The summed E-state index contributed by atoms with van der Waals surface area (Å²) in [5, 5.41) is 14.4. The van der Waals surface area contributed by atoms with Crippen molar-refractivity contribution in [1.82, 2.24) is 20.2 Å². The molecule has 1 N–H and O–H groups in total. The third-order valence-electron chi connectivity index (χ3n) is 5.16. The number of hydrogen-bond donors (Lipinski definition) is 1. The average molecular weight is 390 g/mol. The lowest BCUT2D eigenvalue weighted by molar-refractivity contribution is -0.122. The van der Waals surface area contributed by atoms with Crippen molar-refractivity contribution in [3.05, 3.63) is 54.1 Å². The van der Waals surface area contributed by atoms with Gasteiger partial charge in [-0.1, -0.05) is 31.2 Å². The maximum atomic E-state index is 12.8. The van der Waals surface area contributed by atoms with Crippen molar-refractivity contribution in [3.8, 4) is 11.4 Å². The van der Waals surface area contributed by atoms with E-state index in [-0.39, 0.29) is 18.2 Å². The molecule has 1 saturated heterocycles. The van der Waals surface area contributed by atoms with E-state index in [1.165, 1.54) is 5.56 Å². The first kappa shape index (κ1) is 18.8. The number of hydrogen-bond acceptors (Lipinski definition) is 5. The second-order valence-electron chi connectivity index (χ2n) is 7.12. The first-order valence-electron chi connectivity index (χ1n) is 9.58. The lowest BCUT2D eigenvalue weighted by Gasteiger charge is -2.17. The number of benzene rings is 2. The summed E-state index contributed by atoms with van der Waals surface area (Å²) >= 11 is 0. The van der Waals surface area contributed by atoms with Gasteiger partial charge in [-0.2, -0.15) is 0 Å². The maximum Gasteiger partial charge on any atom is 0.229 e. The molecule has 1 aromatic heterocycles. The first-order valence-corrected chi connectivity index (χ1v) is 9.58.